The van der Waals surface area contributed by atoms with E-state index >= 15 is 0 Å². The molecule has 0 saturated heterocycles. The van der Waals surface area contributed by atoms with Crippen molar-refractivity contribution in [2.45, 2.75) is 37.6 Å². The van der Waals surface area contributed by atoms with Crippen LogP contribution in [0.4, 0.5) is 0 Å². The molecule has 1 aliphatic carbocycles. The Morgan fingerprint density at radius 2 is 1.88 bits per heavy atom. The van der Waals surface area contributed by atoms with E-state index in [1.54, 1.807) is 7.11 Å². The number of hydrogen-bond acceptors (Lipinski definition) is 2. The fourth-order valence-corrected chi connectivity index (χ4v) is 4.55. The molecule has 0 aromatic heterocycles. The molecule has 1 aromatic rings. The minimum absolute atomic E-state index is 0.509. The van der Waals surface area contributed by atoms with Crippen LogP contribution in [0.25, 0.3) is 0 Å². The van der Waals surface area contributed by atoms with Gasteiger partial charge in [0.15, 0.2) is 0 Å². The average Bonchev–Trinajstić information content (AvgIpc) is 2.39. The zero-order chi connectivity index (χ0) is 11.4. The van der Waals surface area contributed by atoms with Gasteiger partial charge >= 0.3 is 0 Å². The normalized spacial score (nSPS) is 17.7. The van der Waals surface area contributed by atoms with Crippen molar-refractivity contribution in [2.75, 3.05) is 7.11 Å². The van der Waals surface area contributed by atoms with E-state index in [1.165, 1.54) is 32.1 Å². The van der Waals surface area contributed by atoms with Crippen LogP contribution in [0.1, 0.15) is 32.1 Å². The van der Waals surface area contributed by atoms with Gasteiger partial charge in [-0.3, -0.25) is 0 Å². The second-order valence-corrected chi connectivity index (χ2v) is 6.55. The summed E-state index contributed by atoms with van der Waals surface area (Å²) < 4.78 is 5.32. The summed E-state index contributed by atoms with van der Waals surface area (Å²) in [7, 11) is 0.241. The Hall–Kier alpha value is -0.803. The molecule has 3 heteroatoms. The molecule has 0 amide bonds. The molecule has 1 fully saturated rings. The summed E-state index contributed by atoms with van der Waals surface area (Å²) in [5, 5.41) is 1.04. The lowest BCUT2D eigenvalue weighted by molar-refractivity contribution is 0.414. The second-order valence-electron chi connectivity index (χ2n) is 4.42. The Morgan fingerprint density at radius 3 is 2.56 bits per heavy atom. The summed E-state index contributed by atoms with van der Waals surface area (Å²) >= 11 is 0. The van der Waals surface area contributed by atoms with Crippen LogP contribution in [0.3, 0.4) is 0 Å². The molecule has 0 unspecified atom stereocenters. The molecule has 1 aliphatic rings. The van der Waals surface area contributed by atoms with E-state index in [9.17, 15) is 4.80 Å². The first-order valence-electron chi connectivity index (χ1n) is 6.02. The minimum atomic E-state index is -1.43. The second kappa shape index (κ2) is 5.50. The van der Waals surface area contributed by atoms with Crippen molar-refractivity contribution in [1.82, 2.24) is 0 Å². The van der Waals surface area contributed by atoms with Gasteiger partial charge in [0.05, 0.1) is 7.11 Å². The Labute approximate surface area is 99.0 Å². The molecule has 0 atom stereocenters. The van der Waals surface area contributed by atoms with Crippen LogP contribution >= 0.6 is 0 Å². The van der Waals surface area contributed by atoms with Crippen LogP contribution in [-0.2, 0) is 0 Å². The molecule has 0 heterocycles. The van der Waals surface area contributed by atoms with Crippen molar-refractivity contribution < 1.29 is 9.53 Å². The van der Waals surface area contributed by atoms with E-state index in [4.69, 9.17) is 4.74 Å². The van der Waals surface area contributed by atoms with E-state index in [-0.39, 0.29) is 0 Å². The number of para-hydroxylation sites is 1. The third-order valence-corrected chi connectivity index (χ3v) is 5.69. The van der Waals surface area contributed by atoms with Crippen LogP contribution in [-0.4, -0.2) is 20.9 Å². The van der Waals surface area contributed by atoms with Crippen molar-refractivity contribution in [3.8, 4) is 5.75 Å². The molecular formula is C13H19O2Si. The summed E-state index contributed by atoms with van der Waals surface area (Å²) in [4.78, 5) is 10.5. The SMILES string of the molecule is COc1ccccc1[Si](O)C1CCCCC1. The standard InChI is InChI=1S/C13H19O2Si/c1-15-12-9-5-6-10-13(12)16(14)11-7-3-2-4-8-11/h5-6,9-11,14H,2-4,7-8H2,1H3. The lowest BCUT2D eigenvalue weighted by Crippen LogP contribution is -2.37. The number of benzene rings is 1. The third kappa shape index (κ3) is 2.47. The smallest absolute Gasteiger partial charge is 0.250 e. The van der Waals surface area contributed by atoms with Crippen molar-refractivity contribution in [2.24, 2.45) is 0 Å². The Kier molecular flexibility index (Phi) is 4.02. The average molecular weight is 235 g/mol. The maximum absolute atomic E-state index is 10.5. The highest BCUT2D eigenvalue weighted by molar-refractivity contribution is 6.68. The fraction of sp³-hybridized carbons (Fsp3) is 0.538. The Morgan fingerprint density at radius 1 is 1.19 bits per heavy atom. The highest BCUT2D eigenvalue weighted by Crippen LogP contribution is 2.31. The largest absolute Gasteiger partial charge is 0.497 e. The molecule has 0 spiro atoms. The molecule has 1 aromatic carbocycles. The van der Waals surface area contributed by atoms with Gasteiger partial charge in [-0.15, -0.1) is 0 Å². The summed E-state index contributed by atoms with van der Waals surface area (Å²) in [6.07, 6.45) is 6.24. The van der Waals surface area contributed by atoms with Gasteiger partial charge in [0.2, 0.25) is 9.04 Å². The van der Waals surface area contributed by atoms with Gasteiger partial charge in [-0.1, -0.05) is 50.3 Å². The number of ether oxygens (including phenoxy) is 1. The van der Waals surface area contributed by atoms with Crippen LogP contribution in [0.2, 0.25) is 5.54 Å². The first-order valence-corrected chi connectivity index (χ1v) is 7.54. The maximum atomic E-state index is 10.5. The van der Waals surface area contributed by atoms with E-state index < -0.39 is 9.04 Å². The summed E-state index contributed by atoms with van der Waals surface area (Å²) in [5.41, 5.74) is 0.509. The predicted octanol–water partition coefficient (Wildman–Crippen LogP) is 2.22. The lowest BCUT2D eigenvalue weighted by Gasteiger charge is -2.25. The van der Waals surface area contributed by atoms with E-state index in [1.807, 2.05) is 24.3 Å². The first kappa shape index (κ1) is 11.7. The van der Waals surface area contributed by atoms with Crippen LogP contribution in [0, 0.1) is 0 Å². The van der Waals surface area contributed by atoms with Crippen LogP contribution in [0.15, 0.2) is 24.3 Å². The molecule has 1 N–H and O–H groups in total. The Bertz CT molecular complexity index is 334. The minimum Gasteiger partial charge on any atom is -0.497 e. The fourth-order valence-electron chi connectivity index (χ4n) is 2.45. The molecule has 1 radical (unpaired) electrons. The van der Waals surface area contributed by atoms with E-state index in [0.29, 0.717) is 5.54 Å². The van der Waals surface area contributed by atoms with Crippen molar-refractivity contribution >= 4 is 14.2 Å². The Balaban J connectivity index is 2.15. The molecule has 2 rings (SSSR count). The molecule has 1 saturated carbocycles. The molecule has 87 valence electrons. The predicted molar refractivity (Wildman–Crippen MR) is 67.4 cm³/mol. The van der Waals surface area contributed by atoms with Crippen LogP contribution in [0.5, 0.6) is 5.75 Å². The first-order chi connectivity index (χ1) is 7.83. The van der Waals surface area contributed by atoms with Gasteiger partial charge in [0, 0.05) is 5.19 Å². The molecule has 2 nitrogen and oxygen atoms in total. The maximum Gasteiger partial charge on any atom is 0.250 e. The zero-order valence-corrected chi connectivity index (χ0v) is 10.8. The molecule has 16 heavy (non-hydrogen) atoms. The summed E-state index contributed by atoms with van der Waals surface area (Å²) in [5.74, 6) is 0.851. The number of methoxy groups -OCH3 is 1. The molecule has 0 aliphatic heterocycles. The van der Waals surface area contributed by atoms with E-state index in [0.717, 1.165) is 10.9 Å². The quantitative estimate of drug-likeness (QED) is 0.814. The van der Waals surface area contributed by atoms with Gasteiger partial charge in [0.1, 0.15) is 5.75 Å². The highest BCUT2D eigenvalue weighted by Gasteiger charge is 2.28. The number of rotatable bonds is 3. The topological polar surface area (TPSA) is 29.5 Å². The molecule has 0 bridgehead atoms. The van der Waals surface area contributed by atoms with Gasteiger partial charge in [0.25, 0.3) is 0 Å². The molecular weight excluding hydrogens is 216 g/mol. The third-order valence-electron chi connectivity index (χ3n) is 3.37. The van der Waals surface area contributed by atoms with Gasteiger partial charge in [-0.25, -0.2) is 0 Å². The van der Waals surface area contributed by atoms with Crippen molar-refractivity contribution in [1.29, 1.82) is 0 Å². The zero-order valence-electron chi connectivity index (χ0n) is 9.78. The van der Waals surface area contributed by atoms with Gasteiger partial charge in [-0.05, 0) is 11.6 Å². The van der Waals surface area contributed by atoms with Crippen molar-refractivity contribution in [3.63, 3.8) is 0 Å². The lowest BCUT2D eigenvalue weighted by atomic mass is 10.0. The monoisotopic (exact) mass is 235 g/mol. The summed E-state index contributed by atoms with van der Waals surface area (Å²) in [6, 6.07) is 7.90. The van der Waals surface area contributed by atoms with Crippen molar-refractivity contribution in [3.05, 3.63) is 24.3 Å². The highest BCUT2D eigenvalue weighted by atomic mass is 28.3. The summed E-state index contributed by atoms with van der Waals surface area (Å²) in [6.45, 7) is 0. The van der Waals surface area contributed by atoms with Gasteiger partial charge in [-0.2, -0.15) is 0 Å². The van der Waals surface area contributed by atoms with Crippen LogP contribution < -0.4 is 9.92 Å². The number of hydrogen-bond donors (Lipinski definition) is 1. The van der Waals surface area contributed by atoms with E-state index in [2.05, 4.69) is 0 Å². The van der Waals surface area contributed by atoms with Gasteiger partial charge < -0.3 is 9.53 Å².